The molecule has 3 heterocycles. The van der Waals surface area contributed by atoms with Gasteiger partial charge in [0.25, 0.3) is 0 Å². The lowest BCUT2D eigenvalue weighted by atomic mass is 9.86. The number of aliphatic hydroxyl groups is 1. The molecule has 5 N–H and O–H groups in total. The molecule has 1 aliphatic heterocycles. The Hall–Kier alpha value is -4.30. The molecule has 0 spiro atoms. The molecule has 5 rings (SSSR count). The molecule has 2 aromatic carbocycles. The quantitative estimate of drug-likeness (QED) is 0.174. The van der Waals surface area contributed by atoms with Crippen molar-refractivity contribution in [2.24, 2.45) is 5.73 Å². The van der Waals surface area contributed by atoms with Gasteiger partial charge in [-0.2, -0.15) is 0 Å². The third-order valence-corrected chi connectivity index (χ3v) is 8.54. The van der Waals surface area contributed by atoms with Gasteiger partial charge < -0.3 is 31.1 Å². The number of hydrogen-bond acceptors (Lipinski definition) is 10. The minimum atomic E-state index is -1.25. The molecule has 1 atom stereocenters. The molecule has 15 heteroatoms. The van der Waals surface area contributed by atoms with E-state index in [1.54, 1.807) is 18.2 Å². The van der Waals surface area contributed by atoms with Crippen molar-refractivity contribution in [2.75, 3.05) is 38.3 Å². The Morgan fingerprint density at radius 2 is 1.76 bits per heavy atom. The van der Waals surface area contributed by atoms with E-state index in [4.69, 9.17) is 43.9 Å². The average molecular weight is 670 g/mol. The van der Waals surface area contributed by atoms with Gasteiger partial charge in [0, 0.05) is 29.4 Å². The van der Waals surface area contributed by atoms with E-state index in [1.807, 2.05) is 46.7 Å². The van der Waals surface area contributed by atoms with Crippen molar-refractivity contribution in [2.45, 2.75) is 37.8 Å². The second kappa shape index (κ2) is 14.0. The summed E-state index contributed by atoms with van der Waals surface area (Å²) < 4.78 is 6.49. The van der Waals surface area contributed by atoms with Crippen LogP contribution in [0.3, 0.4) is 0 Å². The molecular formula is C31H34Cl2N8O5. The van der Waals surface area contributed by atoms with Crippen LogP contribution in [0.1, 0.15) is 25.6 Å². The molecule has 46 heavy (non-hydrogen) atoms. The predicted octanol–water partition coefficient (Wildman–Crippen LogP) is 2.42. The van der Waals surface area contributed by atoms with Gasteiger partial charge >= 0.3 is 5.97 Å². The van der Waals surface area contributed by atoms with Gasteiger partial charge in [0.05, 0.1) is 25.2 Å². The van der Waals surface area contributed by atoms with Crippen LogP contribution in [0.4, 0.5) is 5.82 Å². The SMILES string of the molecule is CCNC1(C(N)=O)CCN(c2nc(CC(=O)NC(CO)C(=O)OC)nc3c2nc(-c2ccccc2Cl)n3-c2ccc(Cl)cc2)CC1. The van der Waals surface area contributed by atoms with E-state index in [1.165, 1.54) is 0 Å². The zero-order chi connectivity index (χ0) is 33.0. The number of nitrogens with one attached hydrogen (secondary N) is 2. The molecule has 2 aromatic heterocycles. The number of benzene rings is 2. The highest BCUT2D eigenvalue weighted by Gasteiger charge is 2.40. The van der Waals surface area contributed by atoms with Gasteiger partial charge in [-0.25, -0.2) is 19.7 Å². The standard InChI is InChI=1S/C31H34Cl2N8O5/c1-3-35-31(30(34)45)12-14-40(15-13-31)27-25-28(38-23(37-27)16-24(43)36-22(17-42)29(44)46-2)41(19-10-8-18(32)9-11-19)26(39-25)20-6-4-5-7-21(20)33/h4-11,22,35,42H,3,12-17H2,1-2H3,(H2,34,45)(H,36,43). The summed E-state index contributed by atoms with van der Waals surface area (Å²) in [6.07, 6.45) is 0.522. The summed E-state index contributed by atoms with van der Waals surface area (Å²) in [5.41, 5.74) is 7.14. The Balaban J connectivity index is 1.67. The Morgan fingerprint density at radius 1 is 1.07 bits per heavy atom. The molecule has 1 aliphatic rings. The Labute approximate surface area is 275 Å². The maximum atomic E-state index is 13.1. The summed E-state index contributed by atoms with van der Waals surface area (Å²) in [7, 11) is 1.16. The fourth-order valence-corrected chi connectivity index (χ4v) is 5.95. The number of rotatable bonds is 11. The minimum absolute atomic E-state index is 0.140. The van der Waals surface area contributed by atoms with E-state index < -0.39 is 36.0 Å². The first-order chi connectivity index (χ1) is 22.1. The van der Waals surface area contributed by atoms with Crippen molar-refractivity contribution in [1.29, 1.82) is 0 Å². The first-order valence-corrected chi connectivity index (χ1v) is 15.4. The summed E-state index contributed by atoms with van der Waals surface area (Å²) in [5.74, 6) is -0.725. The number of hydrogen-bond donors (Lipinski definition) is 4. The number of likely N-dealkylation sites (N-methyl/N-ethyl adjacent to an activating group) is 1. The number of primary amides is 1. The van der Waals surface area contributed by atoms with Gasteiger partial charge in [-0.3, -0.25) is 14.2 Å². The number of piperidine rings is 1. The number of carbonyl (C=O) groups is 3. The number of aliphatic hydroxyl groups excluding tert-OH is 1. The fraction of sp³-hybridized carbons (Fsp3) is 0.355. The summed E-state index contributed by atoms with van der Waals surface area (Å²) >= 11 is 12.9. The number of halogens is 2. The highest BCUT2D eigenvalue weighted by Crippen LogP contribution is 2.36. The van der Waals surface area contributed by atoms with Crippen molar-refractivity contribution in [3.63, 3.8) is 0 Å². The molecule has 0 aliphatic carbocycles. The topological polar surface area (TPSA) is 178 Å². The third kappa shape index (κ3) is 6.63. The van der Waals surface area contributed by atoms with Crippen LogP contribution in [-0.2, 0) is 25.5 Å². The van der Waals surface area contributed by atoms with Gasteiger partial charge in [0.2, 0.25) is 11.8 Å². The molecule has 13 nitrogen and oxygen atoms in total. The highest BCUT2D eigenvalue weighted by molar-refractivity contribution is 6.33. The van der Waals surface area contributed by atoms with E-state index in [0.717, 1.165) is 7.11 Å². The van der Waals surface area contributed by atoms with Crippen molar-refractivity contribution in [1.82, 2.24) is 30.2 Å². The average Bonchev–Trinajstić information content (AvgIpc) is 3.43. The van der Waals surface area contributed by atoms with E-state index in [2.05, 4.69) is 15.4 Å². The molecule has 242 valence electrons. The zero-order valence-corrected chi connectivity index (χ0v) is 26.8. The molecule has 0 saturated carbocycles. The van der Waals surface area contributed by atoms with Crippen molar-refractivity contribution in [3.05, 3.63) is 64.4 Å². The second-order valence-corrected chi connectivity index (χ2v) is 11.7. The molecular weight excluding hydrogens is 635 g/mol. The highest BCUT2D eigenvalue weighted by atomic mass is 35.5. The molecule has 0 radical (unpaired) electrons. The first kappa shape index (κ1) is 33.1. The van der Waals surface area contributed by atoms with Gasteiger partial charge in [-0.05, 0) is 55.8 Å². The maximum absolute atomic E-state index is 13.1. The van der Waals surface area contributed by atoms with E-state index in [-0.39, 0.29) is 12.2 Å². The van der Waals surface area contributed by atoms with Gasteiger partial charge in [0.15, 0.2) is 23.0 Å². The summed E-state index contributed by atoms with van der Waals surface area (Å²) in [4.78, 5) is 54.2. The van der Waals surface area contributed by atoms with Crippen LogP contribution < -0.4 is 21.3 Å². The number of imidazole rings is 1. The molecule has 4 aromatic rings. The van der Waals surface area contributed by atoms with Gasteiger partial charge in [0.1, 0.15) is 17.2 Å². The smallest absolute Gasteiger partial charge is 0.330 e. The molecule has 1 saturated heterocycles. The number of carbonyl (C=O) groups excluding carboxylic acids is 3. The molecule has 0 bridgehead atoms. The lowest BCUT2D eigenvalue weighted by Gasteiger charge is -2.40. The van der Waals surface area contributed by atoms with Crippen LogP contribution in [0.25, 0.3) is 28.2 Å². The van der Waals surface area contributed by atoms with E-state index in [9.17, 15) is 19.5 Å². The second-order valence-electron chi connectivity index (χ2n) is 10.8. The number of anilines is 1. The zero-order valence-electron chi connectivity index (χ0n) is 25.3. The van der Waals surface area contributed by atoms with E-state index >= 15 is 0 Å². The Bertz CT molecular complexity index is 1760. The summed E-state index contributed by atoms with van der Waals surface area (Å²) in [6, 6.07) is 13.1. The van der Waals surface area contributed by atoms with Crippen LogP contribution in [0.5, 0.6) is 0 Å². The van der Waals surface area contributed by atoms with Crippen LogP contribution in [-0.4, -0.2) is 87.3 Å². The summed E-state index contributed by atoms with van der Waals surface area (Å²) in [5, 5.41) is 16.3. The Morgan fingerprint density at radius 3 is 2.37 bits per heavy atom. The molecule has 1 fully saturated rings. The van der Waals surface area contributed by atoms with Crippen LogP contribution in [0, 0.1) is 0 Å². The largest absolute Gasteiger partial charge is 0.467 e. The summed E-state index contributed by atoms with van der Waals surface area (Å²) in [6.45, 7) is 2.68. The number of esters is 1. The number of ether oxygens (including phenoxy) is 1. The number of nitrogens with two attached hydrogens (primary N) is 1. The number of methoxy groups -OCH3 is 1. The Kier molecular flexibility index (Phi) is 10.1. The maximum Gasteiger partial charge on any atom is 0.330 e. The monoisotopic (exact) mass is 668 g/mol. The molecule has 1 unspecified atom stereocenters. The van der Waals surface area contributed by atoms with Crippen molar-refractivity contribution >= 4 is 58.0 Å². The van der Waals surface area contributed by atoms with Crippen LogP contribution in [0.2, 0.25) is 10.0 Å². The van der Waals surface area contributed by atoms with E-state index in [0.29, 0.717) is 76.6 Å². The fourth-order valence-electron chi connectivity index (χ4n) is 5.60. The number of aromatic nitrogens is 4. The van der Waals surface area contributed by atoms with Gasteiger partial charge in [-0.15, -0.1) is 0 Å². The lowest BCUT2D eigenvalue weighted by Crippen LogP contribution is -2.61. The van der Waals surface area contributed by atoms with Crippen LogP contribution in [0.15, 0.2) is 48.5 Å². The van der Waals surface area contributed by atoms with Crippen molar-refractivity contribution in [3.8, 4) is 17.1 Å². The lowest BCUT2D eigenvalue weighted by molar-refractivity contribution is -0.146. The number of fused-ring (bicyclic) bond motifs is 1. The minimum Gasteiger partial charge on any atom is -0.467 e. The predicted molar refractivity (Wildman–Crippen MR) is 174 cm³/mol. The number of amides is 2. The normalized spacial score (nSPS) is 15.0. The molecule has 2 amide bonds. The third-order valence-electron chi connectivity index (χ3n) is 7.96. The first-order valence-electron chi connectivity index (χ1n) is 14.7. The van der Waals surface area contributed by atoms with Crippen LogP contribution >= 0.6 is 23.2 Å². The number of nitrogens with zero attached hydrogens (tertiary/aromatic N) is 5. The van der Waals surface area contributed by atoms with Gasteiger partial charge in [-0.1, -0.05) is 42.3 Å². The van der Waals surface area contributed by atoms with Crippen molar-refractivity contribution < 1.29 is 24.2 Å².